The first-order chi connectivity index (χ1) is 25.5. The van der Waals surface area contributed by atoms with Gasteiger partial charge in [0.25, 0.3) is 0 Å². The third-order valence-corrected chi connectivity index (χ3v) is 9.00. The Morgan fingerprint density at radius 1 is 0.442 bits per heavy atom. The van der Waals surface area contributed by atoms with Gasteiger partial charge >= 0.3 is 0 Å². The quantitative estimate of drug-likeness (QED) is 0.168. The molecule has 3 aromatic heterocycles. The molecule has 0 fully saturated rings. The summed E-state index contributed by atoms with van der Waals surface area (Å²) in [6.45, 7) is 6.62. The summed E-state index contributed by atoms with van der Waals surface area (Å²) >= 11 is 0. The summed E-state index contributed by atoms with van der Waals surface area (Å²) in [7, 11) is 1.65. The van der Waals surface area contributed by atoms with Crippen LogP contribution in [-0.4, -0.2) is 36.5 Å². The van der Waals surface area contributed by atoms with E-state index in [0.29, 0.717) is 5.88 Å². The minimum Gasteiger partial charge on any atom is -0.479 e. The number of methoxy groups -OCH3 is 1. The number of fused-ring (bicyclic) bond motifs is 3. The fourth-order valence-electron chi connectivity index (χ4n) is 6.16. The van der Waals surface area contributed by atoms with Crippen molar-refractivity contribution in [1.82, 2.24) is 29.3 Å². The van der Waals surface area contributed by atoms with Crippen molar-refractivity contribution >= 4 is 32.7 Å². The molecule has 0 aliphatic rings. The van der Waals surface area contributed by atoms with Crippen LogP contribution < -0.4 is 4.74 Å². The summed E-state index contributed by atoms with van der Waals surface area (Å²) in [4.78, 5) is 0. The highest BCUT2D eigenvalue weighted by atomic mass is 16.5. The van der Waals surface area contributed by atoms with Crippen LogP contribution in [0.1, 0.15) is 27.8 Å². The summed E-state index contributed by atoms with van der Waals surface area (Å²) in [6, 6.07) is 52.2. The third-order valence-electron chi connectivity index (χ3n) is 9.00. The number of rotatable bonds is 7. The van der Waals surface area contributed by atoms with Crippen molar-refractivity contribution in [2.75, 3.05) is 7.11 Å². The fraction of sp³-hybridized carbons (Fsp3) is 0.133. The Kier molecular flexibility index (Phi) is 10.5. The number of hydrogen-bond donors (Lipinski definition) is 0. The van der Waals surface area contributed by atoms with Crippen molar-refractivity contribution in [2.24, 2.45) is 0 Å². The molecule has 0 aliphatic heterocycles. The molecular weight excluding hydrogens is 641 g/mol. The second-order valence-electron chi connectivity index (χ2n) is 12.9. The Morgan fingerprint density at radius 3 is 1.38 bits per heavy atom. The van der Waals surface area contributed by atoms with Gasteiger partial charge < -0.3 is 4.74 Å². The molecule has 7 heteroatoms. The summed E-state index contributed by atoms with van der Waals surface area (Å²) < 4.78 is 11.4. The van der Waals surface area contributed by atoms with Crippen LogP contribution >= 0.6 is 0 Å². The van der Waals surface area contributed by atoms with E-state index in [1.165, 1.54) is 49.6 Å². The molecule has 6 aromatic carbocycles. The second-order valence-corrected chi connectivity index (χ2v) is 12.9. The Bertz CT molecular complexity index is 2380. The molecule has 7 nitrogen and oxygen atoms in total. The molecular formula is C45H42N6O. The lowest BCUT2D eigenvalue weighted by molar-refractivity contribution is 0.394. The Hall–Kier alpha value is -6.47. The molecule has 0 spiro atoms. The minimum absolute atomic E-state index is 0.682. The number of ether oxygens (including phenoxy) is 1. The van der Waals surface area contributed by atoms with Crippen LogP contribution in [0.4, 0.5) is 0 Å². The predicted molar refractivity (Wildman–Crippen MR) is 212 cm³/mol. The van der Waals surface area contributed by atoms with Gasteiger partial charge in [-0.15, -0.1) is 5.10 Å². The van der Waals surface area contributed by atoms with Crippen LogP contribution in [0.2, 0.25) is 0 Å². The Labute approximate surface area is 304 Å². The first kappa shape index (κ1) is 34.0. The average molecular weight is 683 g/mol. The summed E-state index contributed by atoms with van der Waals surface area (Å²) in [5, 5.41) is 16.8. The van der Waals surface area contributed by atoms with Gasteiger partial charge in [-0.05, 0) is 54.8 Å². The highest BCUT2D eigenvalue weighted by Crippen LogP contribution is 2.25. The number of aryl methyl sites for hydroxylation is 2. The van der Waals surface area contributed by atoms with E-state index in [4.69, 9.17) is 4.74 Å². The van der Waals surface area contributed by atoms with Crippen molar-refractivity contribution in [3.8, 4) is 5.88 Å². The van der Waals surface area contributed by atoms with E-state index in [1.807, 2.05) is 75.0 Å². The van der Waals surface area contributed by atoms with Gasteiger partial charge in [-0.1, -0.05) is 139 Å². The zero-order valence-corrected chi connectivity index (χ0v) is 29.8. The smallest absolute Gasteiger partial charge is 0.240 e. The molecule has 0 aliphatic carbocycles. The molecule has 9 aromatic rings. The van der Waals surface area contributed by atoms with Gasteiger partial charge in [-0.2, -0.15) is 10.2 Å². The van der Waals surface area contributed by atoms with E-state index in [9.17, 15) is 0 Å². The maximum atomic E-state index is 5.31. The van der Waals surface area contributed by atoms with E-state index in [2.05, 4.69) is 132 Å². The number of hydrogen-bond acceptors (Lipinski definition) is 4. The second kappa shape index (κ2) is 16.0. The van der Waals surface area contributed by atoms with Crippen LogP contribution in [0.5, 0.6) is 5.88 Å². The van der Waals surface area contributed by atoms with E-state index in [-0.39, 0.29) is 0 Å². The van der Waals surface area contributed by atoms with Gasteiger partial charge in [0.15, 0.2) is 0 Å². The van der Waals surface area contributed by atoms with Gasteiger partial charge in [0.05, 0.1) is 61.1 Å². The van der Waals surface area contributed by atoms with Crippen molar-refractivity contribution in [3.63, 3.8) is 0 Å². The molecule has 0 bridgehead atoms. The maximum Gasteiger partial charge on any atom is 0.240 e. The third kappa shape index (κ3) is 8.11. The molecule has 9 rings (SSSR count). The van der Waals surface area contributed by atoms with Gasteiger partial charge in [-0.25, -0.2) is 0 Å². The molecule has 0 saturated heterocycles. The van der Waals surface area contributed by atoms with Crippen LogP contribution in [0, 0.1) is 13.8 Å². The highest BCUT2D eigenvalue weighted by Gasteiger charge is 2.10. The van der Waals surface area contributed by atoms with Crippen molar-refractivity contribution < 1.29 is 4.74 Å². The van der Waals surface area contributed by atoms with E-state index < -0.39 is 0 Å². The SMILES string of the molecule is COc1nn(Cc2ccccc2)c2ccccc12.Cc1ccc(Cn2ncc3ccccc32)cc1.Cc1ccc(Cn2ncc3ccccc32)cc1. The number of aromatic nitrogens is 6. The number of nitrogens with zero attached hydrogens (tertiary/aromatic N) is 6. The molecule has 0 unspecified atom stereocenters. The van der Waals surface area contributed by atoms with E-state index in [0.717, 1.165) is 30.5 Å². The van der Waals surface area contributed by atoms with E-state index in [1.54, 1.807) is 7.11 Å². The fourth-order valence-corrected chi connectivity index (χ4v) is 6.16. The summed E-state index contributed by atoms with van der Waals surface area (Å²) in [5.74, 6) is 0.682. The van der Waals surface area contributed by atoms with Gasteiger partial charge in [-0.3, -0.25) is 14.0 Å². The molecule has 0 atom stereocenters. The first-order valence-corrected chi connectivity index (χ1v) is 17.5. The maximum absolute atomic E-state index is 5.31. The summed E-state index contributed by atoms with van der Waals surface area (Å²) in [6.07, 6.45) is 3.84. The lowest BCUT2D eigenvalue weighted by Crippen LogP contribution is -2.01. The zero-order valence-electron chi connectivity index (χ0n) is 29.8. The summed E-state index contributed by atoms with van der Waals surface area (Å²) in [5.41, 5.74) is 9.85. The van der Waals surface area contributed by atoms with Gasteiger partial charge in [0, 0.05) is 10.8 Å². The topological polar surface area (TPSA) is 62.7 Å². The molecule has 258 valence electrons. The Morgan fingerprint density at radius 2 is 0.865 bits per heavy atom. The molecule has 0 saturated carbocycles. The number of para-hydroxylation sites is 3. The molecule has 0 amide bonds. The standard InChI is InChI=1S/C15H14N2O.2C15H14N2/c1-18-15-13-9-5-6-10-14(13)17(16-15)11-12-7-3-2-4-8-12;2*1-12-6-8-13(9-7-12)11-17-15-5-3-2-4-14(15)10-16-17/h2-10H,11H2,1H3;2*2-10H,11H2,1H3. The average Bonchev–Trinajstić information content (AvgIpc) is 3.90. The molecule has 52 heavy (non-hydrogen) atoms. The molecule has 3 heterocycles. The van der Waals surface area contributed by atoms with Crippen LogP contribution in [0.25, 0.3) is 32.7 Å². The normalized spacial score (nSPS) is 10.8. The van der Waals surface area contributed by atoms with Crippen molar-refractivity contribution in [1.29, 1.82) is 0 Å². The minimum atomic E-state index is 0.682. The monoisotopic (exact) mass is 682 g/mol. The zero-order chi connectivity index (χ0) is 35.7. The van der Waals surface area contributed by atoms with Gasteiger partial charge in [0.1, 0.15) is 0 Å². The Balaban J connectivity index is 0.000000121. The van der Waals surface area contributed by atoms with Gasteiger partial charge in [0.2, 0.25) is 5.88 Å². The number of benzene rings is 6. The largest absolute Gasteiger partial charge is 0.479 e. The van der Waals surface area contributed by atoms with Crippen LogP contribution in [0.15, 0.2) is 164 Å². The lowest BCUT2D eigenvalue weighted by atomic mass is 10.1. The molecule has 0 radical (unpaired) electrons. The van der Waals surface area contributed by atoms with Crippen LogP contribution in [-0.2, 0) is 19.6 Å². The first-order valence-electron chi connectivity index (χ1n) is 17.5. The molecule has 0 N–H and O–H groups in total. The van der Waals surface area contributed by atoms with Crippen LogP contribution in [0.3, 0.4) is 0 Å². The lowest BCUT2D eigenvalue weighted by Gasteiger charge is -2.04. The predicted octanol–water partition coefficient (Wildman–Crippen LogP) is 9.88. The van der Waals surface area contributed by atoms with Crippen molar-refractivity contribution in [2.45, 2.75) is 33.5 Å². The van der Waals surface area contributed by atoms with E-state index >= 15 is 0 Å². The highest BCUT2D eigenvalue weighted by molar-refractivity contribution is 5.84. The van der Waals surface area contributed by atoms with Crippen molar-refractivity contribution in [3.05, 3.63) is 192 Å².